The highest BCUT2D eigenvalue weighted by atomic mass is 79.9. The van der Waals surface area contributed by atoms with Gasteiger partial charge in [-0.1, -0.05) is 12.1 Å². The number of halogens is 2. The molecular weight excluding hydrogens is 420 g/mol. The minimum atomic E-state index is -1.44. The quantitative estimate of drug-likeness (QED) is 0.727. The Morgan fingerprint density at radius 3 is 2.52 bits per heavy atom. The first-order valence-electron chi connectivity index (χ1n) is 5.95. The first-order chi connectivity index (χ1) is 9.97. The molecule has 0 aromatic heterocycles. The zero-order valence-corrected chi connectivity index (χ0v) is 14.8. The fourth-order valence-corrected chi connectivity index (χ4v) is 3.93. The van der Waals surface area contributed by atoms with Crippen LogP contribution in [0.3, 0.4) is 0 Å². The molecule has 2 aromatic carbocycles. The van der Waals surface area contributed by atoms with Crippen LogP contribution in [0, 0.1) is 0 Å². The summed E-state index contributed by atoms with van der Waals surface area (Å²) in [6.45, 7) is 0. The molecule has 21 heavy (non-hydrogen) atoms. The van der Waals surface area contributed by atoms with Crippen molar-refractivity contribution in [3.8, 4) is 0 Å². The Kier molecular flexibility index (Phi) is 5.55. The number of hydrogen-bond acceptors (Lipinski definition) is 3. The second-order valence-electron chi connectivity index (χ2n) is 4.21. The number of carbonyl (C=O) groups excluding carboxylic acids is 1. The summed E-state index contributed by atoms with van der Waals surface area (Å²) in [6.07, 6.45) is 0. The van der Waals surface area contributed by atoms with E-state index in [-0.39, 0.29) is 11.7 Å². The summed E-state index contributed by atoms with van der Waals surface area (Å²) in [7, 11) is -1.44. The number of anilines is 2. The van der Waals surface area contributed by atoms with Gasteiger partial charge in [0.1, 0.15) is 5.75 Å². The van der Waals surface area contributed by atoms with Crippen LogP contribution in [0.15, 0.2) is 56.3 Å². The van der Waals surface area contributed by atoms with Crippen LogP contribution in [0.5, 0.6) is 0 Å². The molecular formula is C14H12Br2N2O2S. The standard InChI is InChI=1S/C14H12Br2N2O2S/c15-10-3-1-2-4-12(10)18-14(19)8-21(20)13-6-5-9(17)7-11(13)16/h1-7H,8,17H2,(H,18,19). The lowest BCUT2D eigenvalue weighted by atomic mass is 10.3. The average Bonchev–Trinajstić information content (AvgIpc) is 2.41. The van der Waals surface area contributed by atoms with Gasteiger partial charge in [0.05, 0.1) is 21.4 Å². The summed E-state index contributed by atoms with van der Waals surface area (Å²) in [6, 6.07) is 12.2. The van der Waals surface area contributed by atoms with Crippen molar-refractivity contribution in [2.24, 2.45) is 0 Å². The third-order valence-electron chi connectivity index (χ3n) is 2.61. The first-order valence-corrected chi connectivity index (χ1v) is 8.85. The van der Waals surface area contributed by atoms with Crippen molar-refractivity contribution in [3.63, 3.8) is 0 Å². The summed E-state index contributed by atoms with van der Waals surface area (Å²) >= 11 is 6.65. The fourth-order valence-electron chi connectivity index (χ4n) is 1.65. The van der Waals surface area contributed by atoms with Crippen molar-refractivity contribution >= 4 is 59.9 Å². The van der Waals surface area contributed by atoms with E-state index in [0.29, 0.717) is 20.7 Å². The molecule has 0 saturated carbocycles. The second kappa shape index (κ2) is 7.20. The van der Waals surface area contributed by atoms with Gasteiger partial charge < -0.3 is 11.1 Å². The van der Waals surface area contributed by atoms with E-state index in [1.807, 2.05) is 18.2 Å². The molecule has 1 amide bonds. The summed E-state index contributed by atoms with van der Waals surface area (Å²) in [5.74, 6) is -0.437. The molecule has 1 atom stereocenters. The lowest BCUT2D eigenvalue weighted by molar-refractivity contribution is -0.113. The molecule has 0 spiro atoms. The topological polar surface area (TPSA) is 72.2 Å². The summed E-state index contributed by atoms with van der Waals surface area (Å²) in [5.41, 5.74) is 6.85. The zero-order chi connectivity index (χ0) is 15.4. The van der Waals surface area contributed by atoms with Gasteiger partial charge in [0.25, 0.3) is 0 Å². The molecule has 2 aromatic rings. The largest absolute Gasteiger partial charge is 0.399 e. The second-order valence-corrected chi connectivity index (χ2v) is 7.34. The van der Waals surface area contributed by atoms with E-state index in [2.05, 4.69) is 37.2 Å². The smallest absolute Gasteiger partial charge is 0.237 e. The number of carbonyl (C=O) groups is 1. The number of nitrogens with two attached hydrogens (primary N) is 1. The number of nitrogen functional groups attached to an aromatic ring is 1. The van der Waals surface area contributed by atoms with Crippen LogP contribution in [0.1, 0.15) is 0 Å². The maximum absolute atomic E-state index is 12.2. The molecule has 2 rings (SSSR count). The molecule has 0 heterocycles. The van der Waals surface area contributed by atoms with E-state index in [9.17, 15) is 9.00 Å². The van der Waals surface area contributed by atoms with Crippen LogP contribution in [0.4, 0.5) is 11.4 Å². The van der Waals surface area contributed by atoms with E-state index in [1.165, 1.54) is 0 Å². The lowest BCUT2D eigenvalue weighted by Crippen LogP contribution is -2.20. The molecule has 0 radical (unpaired) electrons. The normalized spacial score (nSPS) is 11.9. The molecule has 3 N–H and O–H groups in total. The van der Waals surface area contributed by atoms with Gasteiger partial charge in [0, 0.05) is 14.6 Å². The van der Waals surface area contributed by atoms with E-state index < -0.39 is 10.8 Å². The van der Waals surface area contributed by atoms with Crippen molar-refractivity contribution in [2.45, 2.75) is 4.90 Å². The molecule has 0 aliphatic heterocycles. The zero-order valence-electron chi connectivity index (χ0n) is 10.8. The van der Waals surface area contributed by atoms with Crippen molar-refractivity contribution < 1.29 is 9.00 Å². The third kappa shape index (κ3) is 4.39. The van der Waals surface area contributed by atoms with E-state index in [1.54, 1.807) is 24.3 Å². The predicted molar refractivity (Wildman–Crippen MR) is 92.6 cm³/mol. The van der Waals surface area contributed by atoms with Gasteiger partial charge in [-0.25, -0.2) is 0 Å². The maximum atomic E-state index is 12.2. The van der Waals surface area contributed by atoms with Crippen molar-refractivity contribution in [1.82, 2.24) is 0 Å². The first kappa shape index (κ1) is 16.2. The number of nitrogens with one attached hydrogen (secondary N) is 1. The van der Waals surface area contributed by atoms with Crippen LogP contribution in [-0.4, -0.2) is 15.9 Å². The number of rotatable bonds is 4. The van der Waals surface area contributed by atoms with E-state index >= 15 is 0 Å². The Balaban J connectivity index is 2.06. The molecule has 0 aliphatic rings. The highest BCUT2D eigenvalue weighted by molar-refractivity contribution is 9.10. The maximum Gasteiger partial charge on any atom is 0.237 e. The van der Waals surface area contributed by atoms with Gasteiger partial charge >= 0.3 is 0 Å². The molecule has 4 nitrogen and oxygen atoms in total. The van der Waals surface area contributed by atoms with Crippen LogP contribution >= 0.6 is 31.9 Å². The van der Waals surface area contributed by atoms with Gasteiger partial charge in [-0.15, -0.1) is 0 Å². The van der Waals surface area contributed by atoms with Gasteiger partial charge in [0.15, 0.2) is 0 Å². The van der Waals surface area contributed by atoms with E-state index in [0.717, 1.165) is 4.47 Å². The molecule has 0 aliphatic carbocycles. The number of benzene rings is 2. The lowest BCUT2D eigenvalue weighted by Gasteiger charge is -2.08. The summed E-state index contributed by atoms with van der Waals surface area (Å²) in [5, 5.41) is 2.72. The summed E-state index contributed by atoms with van der Waals surface area (Å²) in [4.78, 5) is 12.5. The SMILES string of the molecule is Nc1ccc(S(=O)CC(=O)Nc2ccccc2Br)c(Br)c1. The summed E-state index contributed by atoms with van der Waals surface area (Å²) < 4.78 is 13.6. The van der Waals surface area contributed by atoms with Gasteiger partial charge in [-0.3, -0.25) is 9.00 Å². The minimum absolute atomic E-state index is 0.121. The van der Waals surface area contributed by atoms with Gasteiger partial charge in [0.2, 0.25) is 5.91 Å². The molecule has 0 bridgehead atoms. The molecule has 7 heteroatoms. The molecule has 110 valence electrons. The van der Waals surface area contributed by atoms with Crippen LogP contribution in [0.25, 0.3) is 0 Å². The Morgan fingerprint density at radius 1 is 1.14 bits per heavy atom. The van der Waals surface area contributed by atoms with Crippen molar-refractivity contribution in [2.75, 3.05) is 16.8 Å². The highest BCUT2D eigenvalue weighted by Gasteiger charge is 2.14. The number of para-hydroxylation sites is 1. The van der Waals surface area contributed by atoms with Crippen molar-refractivity contribution in [1.29, 1.82) is 0 Å². The Hall–Kier alpha value is -1.18. The molecule has 0 saturated heterocycles. The third-order valence-corrected chi connectivity index (χ3v) is 5.59. The van der Waals surface area contributed by atoms with Crippen LogP contribution in [-0.2, 0) is 15.6 Å². The Morgan fingerprint density at radius 2 is 1.86 bits per heavy atom. The monoisotopic (exact) mass is 430 g/mol. The van der Waals surface area contributed by atoms with E-state index in [4.69, 9.17) is 5.73 Å². The Labute approximate surface area is 141 Å². The van der Waals surface area contributed by atoms with Gasteiger partial charge in [-0.05, 0) is 62.2 Å². The highest BCUT2D eigenvalue weighted by Crippen LogP contribution is 2.24. The molecule has 0 fully saturated rings. The Bertz CT molecular complexity index is 707. The number of hydrogen-bond donors (Lipinski definition) is 2. The number of amides is 1. The van der Waals surface area contributed by atoms with Crippen molar-refractivity contribution in [3.05, 3.63) is 51.4 Å². The van der Waals surface area contributed by atoms with Crippen LogP contribution < -0.4 is 11.1 Å². The minimum Gasteiger partial charge on any atom is -0.399 e. The predicted octanol–water partition coefficient (Wildman–Crippen LogP) is 3.54. The van der Waals surface area contributed by atoms with Crippen LogP contribution in [0.2, 0.25) is 0 Å². The fraction of sp³-hybridized carbons (Fsp3) is 0.0714. The van der Waals surface area contributed by atoms with Gasteiger partial charge in [-0.2, -0.15) is 0 Å². The average molecular weight is 432 g/mol. The molecule has 1 unspecified atom stereocenters.